The summed E-state index contributed by atoms with van der Waals surface area (Å²) in [5.41, 5.74) is 0. The average Bonchev–Trinajstić information content (AvgIpc) is 1.35. The van der Waals surface area contributed by atoms with Gasteiger partial charge in [-0.2, -0.15) is 0 Å². The molecule has 0 fully saturated rings. The van der Waals surface area contributed by atoms with Gasteiger partial charge in [-0.3, -0.25) is 0 Å². The summed E-state index contributed by atoms with van der Waals surface area (Å²) in [6.45, 7) is 0. The quantitative estimate of drug-likeness (QED) is 0.410. The summed E-state index contributed by atoms with van der Waals surface area (Å²) in [5.74, 6) is 0. The van der Waals surface area contributed by atoms with E-state index in [9.17, 15) is 4.21 Å². The van der Waals surface area contributed by atoms with Gasteiger partial charge in [0.05, 0.1) is 0 Å². The average molecular weight is 161 g/mol. The first-order valence-corrected chi connectivity index (χ1v) is 8.46. The van der Waals surface area contributed by atoms with E-state index in [0.717, 1.165) is 0 Å². The Hall–Kier alpha value is 0.693. The van der Waals surface area contributed by atoms with Gasteiger partial charge in [-0.25, -0.2) is 0 Å². The first-order chi connectivity index (χ1) is 2.77. The molecule has 0 spiro atoms. The van der Waals surface area contributed by atoms with E-state index in [1.54, 1.807) is 0 Å². The number of aliphatic hydroxyl groups excluding tert-OH is 1. The first-order valence-electron chi connectivity index (χ1n) is 1.45. The number of hydrogen-bond donors (Lipinski definition) is 2. The molecular weight excluding hydrogens is 157 g/mol. The molecule has 1 unspecified atom stereocenters. The van der Waals surface area contributed by atoms with Gasteiger partial charge in [0.25, 0.3) is 0 Å². The van der Waals surface area contributed by atoms with Crippen LogP contribution in [0.2, 0.25) is 0 Å². The monoisotopic (exact) mass is 160 g/mol. The van der Waals surface area contributed by atoms with Crippen LogP contribution in [-0.2, 0) is 25.0 Å². The van der Waals surface area contributed by atoms with Gasteiger partial charge >= 0.3 is 44.1 Å². The standard InChI is InChI=1S/CH3O.O2S.Zn/c1-2;1-3-2;/h2H,1H2;;/q;;-1/p+1. The molecule has 0 aliphatic carbocycles. The van der Waals surface area contributed by atoms with E-state index in [2.05, 4.69) is 0 Å². The molecule has 0 bridgehead atoms. The predicted molar refractivity (Wildman–Crippen MR) is 17.9 cm³/mol. The van der Waals surface area contributed by atoms with Crippen LogP contribution >= 0.6 is 0 Å². The minimum absolute atomic E-state index is 0.0316. The summed E-state index contributed by atoms with van der Waals surface area (Å²) in [4.78, 5) is 0. The Morgan fingerprint density at radius 2 is 2.33 bits per heavy atom. The molecule has 5 heteroatoms. The Morgan fingerprint density at radius 3 is 2.33 bits per heavy atom. The molecule has 0 saturated carbocycles. The molecule has 0 rings (SSSR count). The molecular formula is CH4O3SZn. The molecule has 0 aromatic heterocycles. The number of aliphatic hydroxyl groups is 1. The van der Waals surface area contributed by atoms with Crippen LogP contribution in [0, 0.1) is 0 Å². The summed E-state index contributed by atoms with van der Waals surface area (Å²) in [7, 11) is -1.63. The van der Waals surface area contributed by atoms with E-state index in [1.807, 2.05) is 0 Å². The molecule has 0 aromatic carbocycles. The number of hydrogen-bond acceptors (Lipinski definition) is 2. The van der Waals surface area contributed by atoms with Gasteiger partial charge in [0.15, 0.2) is 0 Å². The fourth-order valence-corrected chi connectivity index (χ4v) is 1.22. The molecule has 0 heterocycles. The van der Waals surface area contributed by atoms with Gasteiger partial charge in [0.2, 0.25) is 0 Å². The Labute approximate surface area is 44.5 Å². The van der Waals surface area contributed by atoms with E-state index in [0.29, 0.717) is 0 Å². The van der Waals surface area contributed by atoms with E-state index in [-0.39, 0.29) is 5.20 Å². The van der Waals surface area contributed by atoms with Crippen molar-refractivity contribution < 1.29 is 29.8 Å². The number of rotatable bonds is 2. The fourth-order valence-electron chi connectivity index (χ4n) is 0.0781. The third-order valence-electron chi connectivity index (χ3n) is 0.266. The van der Waals surface area contributed by atoms with Crippen LogP contribution < -0.4 is 0 Å². The SMILES string of the molecule is O=[S](O)[Zn][CH2]O. The molecule has 0 aromatic rings. The van der Waals surface area contributed by atoms with Crippen molar-refractivity contribution in [1.29, 1.82) is 0 Å². The first kappa shape index (κ1) is 6.69. The van der Waals surface area contributed by atoms with Crippen LogP contribution in [0.4, 0.5) is 0 Å². The topological polar surface area (TPSA) is 57.5 Å². The molecule has 34 valence electrons. The van der Waals surface area contributed by atoms with E-state index in [4.69, 9.17) is 9.66 Å². The van der Waals surface area contributed by atoms with Crippen molar-refractivity contribution in [3.05, 3.63) is 0 Å². The van der Waals surface area contributed by atoms with E-state index < -0.39 is 25.0 Å². The molecule has 0 aliphatic rings. The van der Waals surface area contributed by atoms with Crippen LogP contribution in [-0.4, -0.2) is 19.1 Å². The Kier molecular flexibility index (Phi) is 4.32. The molecule has 0 saturated heterocycles. The van der Waals surface area contributed by atoms with Crippen LogP contribution in [0.3, 0.4) is 0 Å². The zero-order valence-corrected chi connectivity index (χ0v) is 6.91. The van der Waals surface area contributed by atoms with Gasteiger partial charge in [0, 0.05) is 0 Å². The third kappa shape index (κ3) is 4.69. The maximum absolute atomic E-state index is 9.63. The fraction of sp³-hybridized carbons (Fsp3) is 1.00. The van der Waals surface area contributed by atoms with Gasteiger partial charge in [-0.1, -0.05) is 0 Å². The normalized spacial score (nSPS) is 13.0. The van der Waals surface area contributed by atoms with Crippen LogP contribution in [0.5, 0.6) is 0 Å². The zero-order chi connectivity index (χ0) is 4.99. The molecule has 0 amide bonds. The van der Waals surface area contributed by atoms with Crippen molar-refractivity contribution in [3.8, 4) is 0 Å². The van der Waals surface area contributed by atoms with E-state index in [1.165, 1.54) is 0 Å². The predicted octanol–water partition coefficient (Wildman–Crippen LogP) is -0.845. The second kappa shape index (κ2) is 3.87. The van der Waals surface area contributed by atoms with Crippen LogP contribution in [0.1, 0.15) is 0 Å². The molecule has 0 aliphatic heterocycles. The summed E-state index contributed by atoms with van der Waals surface area (Å²) < 4.78 is 17.6. The molecule has 2 N–H and O–H groups in total. The van der Waals surface area contributed by atoms with Crippen molar-refractivity contribution in [2.24, 2.45) is 0 Å². The van der Waals surface area contributed by atoms with Crippen LogP contribution in [0.15, 0.2) is 0 Å². The third-order valence-corrected chi connectivity index (χ3v) is 4.15. The second-order valence-corrected chi connectivity index (χ2v) is 8.42. The Bertz CT molecular complexity index is 54.8. The summed E-state index contributed by atoms with van der Waals surface area (Å²) in [6.07, 6.45) is 0. The molecule has 1 atom stereocenters. The summed E-state index contributed by atoms with van der Waals surface area (Å²) >= 11 is -1.42. The Balaban J connectivity index is 2.83. The summed E-state index contributed by atoms with van der Waals surface area (Å²) in [6, 6.07) is 0. The van der Waals surface area contributed by atoms with Crippen molar-refractivity contribution in [2.75, 3.05) is 5.20 Å². The second-order valence-electron chi connectivity index (χ2n) is 0.749. The Morgan fingerprint density at radius 1 is 1.83 bits per heavy atom. The van der Waals surface area contributed by atoms with Gasteiger partial charge in [0.1, 0.15) is 0 Å². The van der Waals surface area contributed by atoms with Crippen molar-refractivity contribution in [2.45, 2.75) is 0 Å². The van der Waals surface area contributed by atoms with Gasteiger partial charge in [-0.15, -0.1) is 0 Å². The van der Waals surface area contributed by atoms with Gasteiger partial charge in [-0.05, 0) is 0 Å². The zero-order valence-electron chi connectivity index (χ0n) is 3.13. The van der Waals surface area contributed by atoms with Crippen LogP contribution in [0.25, 0.3) is 0 Å². The molecule has 0 radical (unpaired) electrons. The molecule has 6 heavy (non-hydrogen) atoms. The van der Waals surface area contributed by atoms with Crippen molar-refractivity contribution in [1.82, 2.24) is 0 Å². The van der Waals surface area contributed by atoms with Crippen molar-refractivity contribution >= 4 is 9.07 Å². The summed E-state index contributed by atoms with van der Waals surface area (Å²) in [5, 5.41) is 7.94. The van der Waals surface area contributed by atoms with Gasteiger partial charge < -0.3 is 0 Å². The maximum atomic E-state index is 9.63. The van der Waals surface area contributed by atoms with Crippen molar-refractivity contribution in [3.63, 3.8) is 0 Å². The minimum atomic E-state index is -1.63. The molecule has 3 nitrogen and oxygen atoms in total. The van der Waals surface area contributed by atoms with E-state index >= 15 is 0 Å².